The highest BCUT2D eigenvalue weighted by molar-refractivity contribution is 7.86. The van der Waals surface area contributed by atoms with E-state index in [2.05, 4.69) is 50.7 Å². The molecule has 0 amide bonds. The lowest BCUT2D eigenvalue weighted by molar-refractivity contribution is -0.0510. The van der Waals surface area contributed by atoms with Crippen molar-refractivity contribution in [1.82, 2.24) is 0 Å². The van der Waals surface area contributed by atoms with Gasteiger partial charge in [0.15, 0.2) is 0 Å². The number of halogens is 4. The number of aryl methyl sites for hydroxylation is 1. The Morgan fingerprint density at radius 3 is 2.12 bits per heavy atom. The van der Waals surface area contributed by atoms with Gasteiger partial charge in [0.25, 0.3) is 0 Å². The van der Waals surface area contributed by atoms with Gasteiger partial charge in [-0.1, -0.05) is 30.3 Å². The van der Waals surface area contributed by atoms with Gasteiger partial charge in [-0.05, 0) is 47.7 Å². The highest BCUT2D eigenvalue weighted by Gasteiger charge is 2.44. The van der Waals surface area contributed by atoms with E-state index in [0.717, 1.165) is 16.0 Å². The Balaban J connectivity index is 0.000000333. The molecule has 0 atom stereocenters. The summed E-state index contributed by atoms with van der Waals surface area (Å²) in [7, 11) is -5.84. The molecule has 0 unspecified atom stereocenters. The third-order valence-corrected chi connectivity index (χ3v) is 4.68. The van der Waals surface area contributed by atoms with E-state index in [1.807, 2.05) is 12.1 Å². The Morgan fingerprint density at radius 2 is 1.64 bits per heavy atom. The molecule has 0 saturated heterocycles. The highest BCUT2D eigenvalue weighted by Crippen LogP contribution is 2.34. The number of rotatable bonds is 2. The predicted octanol–water partition coefficient (Wildman–Crippen LogP) is 5.39. The summed E-state index contributed by atoms with van der Waals surface area (Å²) in [6.07, 6.45) is 0. The zero-order chi connectivity index (χ0) is 19.4. The van der Waals surface area contributed by atoms with E-state index in [1.165, 1.54) is 16.7 Å². The van der Waals surface area contributed by atoms with Crippen molar-refractivity contribution in [1.29, 1.82) is 0 Å². The fourth-order valence-corrected chi connectivity index (χ4v) is 2.60. The average molecular weight is 413 g/mol. The van der Waals surface area contributed by atoms with E-state index >= 15 is 0 Å². The number of hydrogen-bond donors (Lipinski definition) is 2. The van der Waals surface area contributed by atoms with Gasteiger partial charge < -0.3 is 0 Å². The van der Waals surface area contributed by atoms with Crippen LogP contribution in [0.4, 0.5) is 13.2 Å². The Hall–Kier alpha value is -1.22. The average Bonchev–Trinajstić information content (AvgIpc) is 2.49. The van der Waals surface area contributed by atoms with Gasteiger partial charge in [-0.2, -0.15) is 21.6 Å². The molecular weight excluding hydrogens is 397 g/mol. The molecule has 2 rings (SSSR count). The van der Waals surface area contributed by atoms with E-state index in [-0.39, 0.29) is 0 Å². The minimum absolute atomic E-state index is 0.511. The first-order valence-corrected chi connectivity index (χ1v) is 9.29. The summed E-state index contributed by atoms with van der Waals surface area (Å²) in [5.74, 6) is 0.511. The van der Waals surface area contributed by atoms with Crippen LogP contribution in [-0.2, 0) is 16.0 Å². The molecular formula is C16H16ClF3O3S2. The standard InChI is InChI=1S/C15H15ClS.CHF3O3S/c1-10-5-3-7-13(11(10)2)15-12(9-16)6-4-8-14(15)17;2-1(3,4)8(5,6)7/h3-8,17H,9H2,1-2H3;(H,5,6,7). The summed E-state index contributed by atoms with van der Waals surface area (Å²) in [6, 6.07) is 12.4. The van der Waals surface area contributed by atoms with Crippen LogP contribution < -0.4 is 0 Å². The van der Waals surface area contributed by atoms with Crippen LogP contribution in [0.15, 0.2) is 41.3 Å². The lowest BCUT2D eigenvalue weighted by Gasteiger charge is -2.14. The van der Waals surface area contributed by atoms with Crippen molar-refractivity contribution in [2.45, 2.75) is 30.1 Å². The smallest absolute Gasteiger partial charge is 0.279 e. The molecule has 0 radical (unpaired) electrons. The zero-order valence-corrected chi connectivity index (χ0v) is 15.8. The summed E-state index contributed by atoms with van der Waals surface area (Å²) in [5, 5.41) is 0. The van der Waals surface area contributed by atoms with E-state index in [0.29, 0.717) is 5.88 Å². The second kappa shape index (κ2) is 8.44. The monoisotopic (exact) mass is 412 g/mol. The Kier molecular flexibility index (Phi) is 7.37. The Bertz CT molecular complexity index is 850. The Morgan fingerprint density at radius 1 is 1.12 bits per heavy atom. The molecule has 9 heteroatoms. The molecule has 3 nitrogen and oxygen atoms in total. The van der Waals surface area contributed by atoms with Gasteiger partial charge in [-0.15, -0.1) is 24.2 Å². The number of alkyl halides is 4. The maximum Gasteiger partial charge on any atom is 0.522 e. The van der Waals surface area contributed by atoms with Crippen LogP contribution in [-0.4, -0.2) is 18.5 Å². The van der Waals surface area contributed by atoms with Crippen LogP contribution in [0.25, 0.3) is 11.1 Å². The molecule has 1 N–H and O–H groups in total. The van der Waals surface area contributed by atoms with Gasteiger partial charge in [0, 0.05) is 10.8 Å². The minimum Gasteiger partial charge on any atom is -0.279 e. The third kappa shape index (κ3) is 5.64. The molecule has 0 spiro atoms. The van der Waals surface area contributed by atoms with Crippen molar-refractivity contribution in [2.75, 3.05) is 0 Å². The zero-order valence-electron chi connectivity index (χ0n) is 13.3. The van der Waals surface area contributed by atoms with Gasteiger partial charge in [-0.25, -0.2) is 0 Å². The van der Waals surface area contributed by atoms with Crippen molar-refractivity contribution in [3.05, 3.63) is 53.1 Å². The summed E-state index contributed by atoms with van der Waals surface area (Å²) < 4.78 is 57.5. The van der Waals surface area contributed by atoms with Crippen LogP contribution in [0.5, 0.6) is 0 Å². The van der Waals surface area contributed by atoms with Gasteiger partial charge in [0.05, 0.1) is 0 Å². The van der Waals surface area contributed by atoms with E-state index < -0.39 is 15.6 Å². The summed E-state index contributed by atoms with van der Waals surface area (Å²) >= 11 is 10.6. The number of benzene rings is 2. The van der Waals surface area contributed by atoms with Crippen molar-refractivity contribution in [3.63, 3.8) is 0 Å². The van der Waals surface area contributed by atoms with Crippen molar-refractivity contribution in [2.24, 2.45) is 0 Å². The molecule has 2 aromatic carbocycles. The SMILES string of the molecule is Cc1cccc(-c2c(S)cccc2CCl)c1C.O=S(=O)(O)C(F)(F)F. The molecule has 2 aromatic rings. The fourth-order valence-electron chi connectivity index (χ4n) is 2.03. The van der Waals surface area contributed by atoms with Crippen molar-refractivity contribution >= 4 is 34.3 Å². The second-order valence-electron chi connectivity index (χ2n) is 5.11. The predicted molar refractivity (Wildman–Crippen MR) is 95.8 cm³/mol. The molecule has 138 valence electrons. The summed E-state index contributed by atoms with van der Waals surface area (Å²) in [4.78, 5) is 0.983. The molecule has 0 heterocycles. The minimum atomic E-state index is -5.84. The van der Waals surface area contributed by atoms with Crippen LogP contribution in [0.3, 0.4) is 0 Å². The van der Waals surface area contributed by atoms with Gasteiger partial charge in [-0.3, -0.25) is 4.55 Å². The number of hydrogen-bond acceptors (Lipinski definition) is 3. The van der Waals surface area contributed by atoms with Gasteiger partial charge in [0.2, 0.25) is 0 Å². The fraction of sp³-hybridized carbons (Fsp3) is 0.250. The Labute approximate surface area is 155 Å². The molecule has 0 aliphatic rings. The molecule has 0 aliphatic carbocycles. The van der Waals surface area contributed by atoms with Crippen LogP contribution in [0, 0.1) is 13.8 Å². The molecule has 0 saturated carbocycles. The van der Waals surface area contributed by atoms with Gasteiger partial charge >= 0.3 is 15.6 Å². The normalized spacial score (nSPS) is 11.7. The lowest BCUT2D eigenvalue weighted by atomic mass is 9.94. The quantitative estimate of drug-likeness (QED) is 0.301. The molecule has 0 aromatic heterocycles. The molecule has 0 bridgehead atoms. The van der Waals surface area contributed by atoms with Crippen molar-refractivity contribution in [3.8, 4) is 11.1 Å². The lowest BCUT2D eigenvalue weighted by Crippen LogP contribution is -2.21. The maximum absolute atomic E-state index is 10.7. The van der Waals surface area contributed by atoms with Crippen LogP contribution in [0.1, 0.15) is 16.7 Å². The summed E-state index contributed by atoms with van der Waals surface area (Å²) in [5.41, 5.74) is 0.568. The molecule has 25 heavy (non-hydrogen) atoms. The first-order chi connectivity index (χ1) is 11.4. The van der Waals surface area contributed by atoms with Crippen LogP contribution in [0.2, 0.25) is 0 Å². The highest BCUT2D eigenvalue weighted by atomic mass is 35.5. The molecule has 0 fully saturated rings. The van der Waals surface area contributed by atoms with E-state index in [4.69, 9.17) is 24.6 Å². The first kappa shape index (κ1) is 21.8. The summed E-state index contributed by atoms with van der Waals surface area (Å²) in [6.45, 7) is 4.27. The largest absolute Gasteiger partial charge is 0.522 e. The van der Waals surface area contributed by atoms with E-state index in [1.54, 1.807) is 0 Å². The molecule has 0 aliphatic heterocycles. The first-order valence-electron chi connectivity index (χ1n) is 6.87. The van der Waals surface area contributed by atoms with Gasteiger partial charge in [0.1, 0.15) is 0 Å². The van der Waals surface area contributed by atoms with Crippen molar-refractivity contribution < 1.29 is 26.1 Å². The van der Waals surface area contributed by atoms with Crippen LogP contribution >= 0.6 is 24.2 Å². The second-order valence-corrected chi connectivity index (χ2v) is 7.28. The van der Waals surface area contributed by atoms with E-state index in [9.17, 15) is 13.2 Å². The topological polar surface area (TPSA) is 54.4 Å². The third-order valence-electron chi connectivity index (χ3n) is 3.44. The number of thiol groups is 1. The maximum atomic E-state index is 10.7.